The molecule has 0 bridgehead atoms. The van der Waals surface area contributed by atoms with E-state index in [4.69, 9.17) is 4.74 Å². The summed E-state index contributed by atoms with van der Waals surface area (Å²) in [6.45, 7) is 0. The first kappa shape index (κ1) is 15.4. The molecule has 2 aromatic carbocycles. The number of nitrogens with one attached hydrogen (secondary N) is 2. The van der Waals surface area contributed by atoms with Crippen LogP contribution in [0.4, 0.5) is 5.95 Å². The normalized spacial score (nSPS) is 13.5. The van der Waals surface area contributed by atoms with Crippen LogP contribution in [-0.4, -0.2) is 23.0 Å². The minimum absolute atomic E-state index is 0.00728. The molecule has 25 heavy (non-hydrogen) atoms. The van der Waals surface area contributed by atoms with Crippen molar-refractivity contribution >= 4 is 22.8 Å². The summed E-state index contributed by atoms with van der Waals surface area (Å²) in [6, 6.07) is 13.8. The lowest BCUT2D eigenvalue weighted by molar-refractivity contribution is -0.121. The van der Waals surface area contributed by atoms with E-state index in [2.05, 4.69) is 20.8 Å². The van der Waals surface area contributed by atoms with Gasteiger partial charge in [0.25, 0.3) is 0 Å². The molecule has 0 unspecified atom stereocenters. The second-order valence-corrected chi connectivity index (χ2v) is 6.05. The van der Waals surface area contributed by atoms with Crippen molar-refractivity contribution in [1.82, 2.24) is 15.4 Å². The van der Waals surface area contributed by atoms with Gasteiger partial charge in [0.2, 0.25) is 11.9 Å². The number of hydrogen-bond acceptors (Lipinski definition) is 5. The lowest BCUT2D eigenvalue weighted by atomic mass is 10.0. The number of carbonyl (C=O) groups is 1. The van der Waals surface area contributed by atoms with Crippen LogP contribution in [0.5, 0.6) is 5.75 Å². The first-order valence-electron chi connectivity index (χ1n) is 8.20. The summed E-state index contributed by atoms with van der Waals surface area (Å²) in [6.07, 6.45) is 3.66. The number of fused-ring (bicyclic) bond motifs is 1. The molecular formula is C19H18N4O2. The number of benzene rings is 2. The monoisotopic (exact) mass is 334 g/mol. The van der Waals surface area contributed by atoms with Crippen LogP contribution >= 0.6 is 0 Å². The molecule has 4 rings (SSSR count). The van der Waals surface area contributed by atoms with E-state index in [0.29, 0.717) is 5.95 Å². The molecule has 0 saturated heterocycles. The van der Waals surface area contributed by atoms with E-state index in [1.807, 2.05) is 42.5 Å². The summed E-state index contributed by atoms with van der Waals surface area (Å²) >= 11 is 0. The van der Waals surface area contributed by atoms with Crippen LogP contribution in [0.1, 0.15) is 12.8 Å². The highest BCUT2D eigenvalue weighted by atomic mass is 16.5. The van der Waals surface area contributed by atoms with E-state index in [-0.39, 0.29) is 11.8 Å². The van der Waals surface area contributed by atoms with Crippen molar-refractivity contribution in [2.45, 2.75) is 12.8 Å². The van der Waals surface area contributed by atoms with Crippen LogP contribution in [0.3, 0.4) is 0 Å². The second-order valence-electron chi connectivity index (χ2n) is 6.05. The van der Waals surface area contributed by atoms with Gasteiger partial charge in [0.05, 0.1) is 12.6 Å². The van der Waals surface area contributed by atoms with Gasteiger partial charge in [-0.1, -0.05) is 30.3 Å². The van der Waals surface area contributed by atoms with E-state index in [0.717, 1.165) is 40.6 Å². The second kappa shape index (κ2) is 6.39. The van der Waals surface area contributed by atoms with Gasteiger partial charge in [0.1, 0.15) is 5.75 Å². The van der Waals surface area contributed by atoms with Crippen molar-refractivity contribution in [3.63, 3.8) is 0 Å². The van der Waals surface area contributed by atoms with Gasteiger partial charge in [-0.05, 0) is 30.5 Å². The van der Waals surface area contributed by atoms with Gasteiger partial charge in [-0.15, -0.1) is 0 Å². The van der Waals surface area contributed by atoms with Gasteiger partial charge in [0, 0.05) is 23.1 Å². The van der Waals surface area contributed by atoms with E-state index in [1.54, 1.807) is 13.3 Å². The third kappa shape index (κ3) is 3.24. The topological polar surface area (TPSA) is 76.1 Å². The highest BCUT2D eigenvalue weighted by Gasteiger charge is 2.29. The Labute approximate surface area is 145 Å². The molecule has 6 nitrogen and oxygen atoms in total. The Balaban J connectivity index is 1.66. The number of aromatic nitrogens is 2. The number of amides is 1. The Morgan fingerprint density at radius 3 is 2.68 bits per heavy atom. The van der Waals surface area contributed by atoms with E-state index in [9.17, 15) is 4.79 Å². The molecule has 0 spiro atoms. The van der Waals surface area contributed by atoms with Crippen molar-refractivity contribution in [3.8, 4) is 16.9 Å². The number of para-hydroxylation sites is 1. The van der Waals surface area contributed by atoms with Crippen molar-refractivity contribution in [2.24, 2.45) is 5.92 Å². The molecule has 1 aliphatic carbocycles. The molecule has 3 aromatic rings. The minimum Gasteiger partial charge on any atom is -0.497 e. The van der Waals surface area contributed by atoms with Crippen LogP contribution in [0.2, 0.25) is 0 Å². The molecule has 0 aliphatic heterocycles. The fraction of sp³-hybridized carbons (Fsp3) is 0.211. The molecule has 1 aromatic heterocycles. The molecule has 6 heteroatoms. The SMILES string of the molecule is COc1ccc(-c2cccc3cnc(NNC(=O)C4CC4)nc23)cc1. The smallest absolute Gasteiger partial charge is 0.242 e. The summed E-state index contributed by atoms with van der Waals surface area (Å²) in [4.78, 5) is 20.6. The molecule has 1 fully saturated rings. The molecule has 1 amide bonds. The van der Waals surface area contributed by atoms with Crippen LogP contribution < -0.4 is 15.6 Å². The molecule has 0 atom stereocenters. The maximum absolute atomic E-state index is 11.8. The average Bonchev–Trinajstić information content (AvgIpc) is 3.51. The Morgan fingerprint density at radius 2 is 1.96 bits per heavy atom. The Morgan fingerprint density at radius 1 is 1.16 bits per heavy atom. The van der Waals surface area contributed by atoms with Gasteiger partial charge < -0.3 is 4.74 Å². The van der Waals surface area contributed by atoms with Gasteiger partial charge in [-0.25, -0.2) is 9.97 Å². The van der Waals surface area contributed by atoms with Gasteiger partial charge in [0.15, 0.2) is 0 Å². The third-order valence-corrected chi connectivity index (χ3v) is 4.26. The summed E-state index contributed by atoms with van der Waals surface area (Å²) in [5, 5.41) is 0.937. The first-order valence-corrected chi connectivity index (χ1v) is 8.20. The zero-order chi connectivity index (χ0) is 17.2. The number of anilines is 1. The number of rotatable bonds is 5. The number of carbonyl (C=O) groups excluding carboxylic acids is 1. The number of ether oxygens (including phenoxy) is 1. The van der Waals surface area contributed by atoms with Gasteiger partial charge in [-0.3, -0.25) is 15.6 Å². The van der Waals surface area contributed by atoms with Crippen LogP contribution in [0.25, 0.3) is 22.0 Å². The highest BCUT2D eigenvalue weighted by Crippen LogP contribution is 2.30. The first-order chi connectivity index (χ1) is 12.2. The maximum atomic E-state index is 11.8. The van der Waals surface area contributed by atoms with Crippen molar-refractivity contribution in [1.29, 1.82) is 0 Å². The fourth-order valence-electron chi connectivity index (χ4n) is 2.68. The summed E-state index contributed by atoms with van der Waals surface area (Å²) in [5.74, 6) is 1.31. The molecule has 1 heterocycles. The van der Waals surface area contributed by atoms with E-state index in [1.165, 1.54) is 0 Å². The summed E-state index contributed by atoms with van der Waals surface area (Å²) in [5.41, 5.74) is 8.35. The largest absolute Gasteiger partial charge is 0.497 e. The highest BCUT2D eigenvalue weighted by molar-refractivity contribution is 5.93. The predicted molar refractivity (Wildman–Crippen MR) is 96.0 cm³/mol. The van der Waals surface area contributed by atoms with Crippen molar-refractivity contribution in [3.05, 3.63) is 48.7 Å². The Kier molecular flexibility index (Phi) is 3.93. The number of hydrazine groups is 1. The zero-order valence-electron chi connectivity index (χ0n) is 13.8. The standard InChI is InChI=1S/C19H18N4O2/c1-25-15-9-7-12(8-10-15)16-4-2-3-14-11-20-19(21-17(14)16)23-22-18(24)13-5-6-13/h2-4,7-11,13H,5-6H2,1H3,(H,22,24)(H,20,21,23). The van der Waals surface area contributed by atoms with Crippen LogP contribution in [-0.2, 0) is 4.79 Å². The summed E-state index contributed by atoms with van der Waals surface area (Å²) in [7, 11) is 1.65. The molecule has 0 radical (unpaired) electrons. The van der Waals surface area contributed by atoms with Crippen LogP contribution in [0, 0.1) is 5.92 Å². The molecule has 1 saturated carbocycles. The van der Waals surface area contributed by atoms with Gasteiger partial charge >= 0.3 is 0 Å². The van der Waals surface area contributed by atoms with Crippen molar-refractivity contribution < 1.29 is 9.53 Å². The van der Waals surface area contributed by atoms with Gasteiger partial charge in [-0.2, -0.15) is 0 Å². The lowest BCUT2D eigenvalue weighted by Crippen LogP contribution is -2.31. The number of hydrogen-bond donors (Lipinski definition) is 2. The Hall–Kier alpha value is -3.15. The molecular weight excluding hydrogens is 316 g/mol. The zero-order valence-corrected chi connectivity index (χ0v) is 13.8. The predicted octanol–water partition coefficient (Wildman–Crippen LogP) is 3.16. The fourth-order valence-corrected chi connectivity index (χ4v) is 2.68. The molecule has 2 N–H and O–H groups in total. The van der Waals surface area contributed by atoms with E-state index >= 15 is 0 Å². The molecule has 1 aliphatic rings. The van der Waals surface area contributed by atoms with Crippen molar-refractivity contribution in [2.75, 3.05) is 12.5 Å². The average molecular weight is 334 g/mol. The van der Waals surface area contributed by atoms with E-state index < -0.39 is 0 Å². The number of nitrogens with zero attached hydrogens (tertiary/aromatic N) is 2. The van der Waals surface area contributed by atoms with Crippen LogP contribution in [0.15, 0.2) is 48.7 Å². The minimum atomic E-state index is -0.00728. The quantitative estimate of drug-likeness (QED) is 0.701. The maximum Gasteiger partial charge on any atom is 0.242 e. The molecule has 126 valence electrons. The number of methoxy groups -OCH3 is 1. The Bertz CT molecular complexity index is 920. The third-order valence-electron chi connectivity index (χ3n) is 4.26. The lowest BCUT2D eigenvalue weighted by Gasteiger charge is -2.10. The summed E-state index contributed by atoms with van der Waals surface area (Å²) < 4.78 is 5.21.